The molecular formula is C34H33ClN5O7P. The summed E-state index contributed by atoms with van der Waals surface area (Å²) in [5.41, 5.74) is 4.22. The van der Waals surface area contributed by atoms with Crippen molar-refractivity contribution in [2.24, 2.45) is 10.8 Å². The topological polar surface area (TPSA) is 164 Å². The predicted molar refractivity (Wildman–Crippen MR) is 182 cm³/mol. The Morgan fingerprint density at radius 3 is 2.48 bits per heavy atom. The molecular weight excluding hydrogens is 657 g/mol. The monoisotopic (exact) mass is 689 g/mol. The van der Waals surface area contributed by atoms with Crippen LogP contribution in [0.1, 0.15) is 41.9 Å². The van der Waals surface area contributed by atoms with Crippen LogP contribution in [-0.2, 0) is 25.6 Å². The molecule has 1 unspecified atom stereocenters. The second-order valence-corrected chi connectivity index (χ2v) is 14.4. The first kappa shape index (κ1) is 31.1. The third-order valence-corrected chi connectivity index (χ3v) is 11.4. The van der Waals surface area contributed by atoms with Crippen molar-refractivity contribution < 1.29 is 33.5 Å². The Morgan fingerprint density at radius 2 is 1.79 bits per heavy atom. The van der Waals surface area contributed by atoms with Gasteiger partial charge in [-0.25, -0.2) is 0 Å². The Hall–Kier alpha value is -4.22. The number of aryl methyl sites for hydroxylation is 1. The molecule has 1 aromatic heterocycles. The number of hydrogen-bond acceptors (Lipinski definition) is 7. The van der Waals surface area contributed by atoms with E-state index in [0.717, 1.165) is 38.5 Å². The van der Waals surface area contributed by atoms with Crippen LogP contribution < -0.4 is 25.0 Å². The number of fused-ring (bicyclic) bond motifs is 6. The van der Waals surface area contributed by atoms with Gasteiger partial charge in [0.05, 0.1) is 34.3 Å². The molecule has 248 valence electrons. The van der Waals surface area contributed by atoms with Crippen LogP contribution in [0.15, 0.2) is 42.6 Å². The van der Waals surface area contributed by atoms with Gasteiger partial charge in [-0.15, -0.1) is 11.6 Å². The lowest BCUT2D eigenvalue weighted by Gasteiger charge is -2.69. The van der Waals surface area contributed by atoms with Crippen LogP contribution >= 0.6 is 20.2 Å². The number of nitrogens with one attached hydrogen (secondary N) is 3. The first-order valence-corrected chi connectivity index (χ1v) is 17.5. The number of alkyl halides is 1. The van der Waals surface area contributed by atoms with Crippen molar-refractivity contribution in [3.63, 3.8) is 0 Å². The van der Waals surface area contributed by atoms with Gasteiger partial charge in [-0.05, 0) is 60.7 Å². The minimum Gasteiger partial charge on any atom is -0.425 e. The van der Waals surface area contributed by atoms with Crippen molar-refractivity contribution in [1.29, 1.82) is 0 Å². The molecule has 0 saturated heterocycles. The highest BCUT2D eigenvalue weighted by Gasteiger charge is 2.76. The van der Waals surface area contributed by atoms with Gasteiger partial charge in [-0.1, -0.05) is 24.3 Å². The standard InChI is InChI=1S/C34H33ClN5O7P/c1-18-11-37-30-26(47-48(45)46)9-25-29(28(18)30)19(10-35)13-40(25)32(44)34-14-33(15-34,16-34)31(43)39-7-6-22-20-4-2-3-5-21(20)23(8-24(22)39)38-27(42)12-36-17-41/h2-5,8-9,11,17,19,37,45-46H,6-7,10,12-16H2,1H3,(H,36,41)(H,38,42). The molecule has 12 nitrogen and oxygen atoms in total. The molecule has 14 heteroatoms. The summed E-state index contributed by atoms with van der Waals surface area (Å²) in [5, 5.41) is 7.94. The number of benzene rings is 3. The predicted octanol–water partition coefficient (Wildman–Crippen LogP) is 4.33. The molecule has 3 fully saturated rings. The third-order valence-electron chi connectivity index (χ3n) is 10.7. The average molecular weight is 690 g/mol. The van der Waals surface area contributed by atoms with Gasteiger partial charge in [0, 0.05) is 53.6 Å². The first-order valence-electron chi connectivity index (χ1n) is 15.8. The molecule has 3 aliphatic carbocycles. The van der Waals surface area contributed by atoms with Crippen molar-refractivity contribution >= 4 is 83.1 Å². The molecule has 4 aromatic rings. The quantitative estimate of drug-likeness (QED) is 0.0992. The minimum atomic E-state index is -2.68. The van der Waals surface area contributed by atoms with E-state index in [-0.39, 0.29) is 35.9 Å². The van der Waals surface area contributed by atoms with Crippen LogP contribution in [0.3, 0.4) is 0 Å². The van der Waals surface area contributed by atoms with Crippen LogP contribution in [0, 0.1) is 17.8 Å². The van der Waals surface area contributed by atoms with Crippen LogP contribution in [-0.4, -0.2) is 64.4 Å². The molecule has 5 N–H and O–H groups in total. The molecule has 0 spiro atoms. The van der Waals surface area contributed by atoms with E-state index in [1.807, 2.05) is 43.5 Å². The number of aromatic nitrogens is 1. The zero-order valence-corrected chi connectivity index (χ0v) is 27.7. The van der Waals surface area contributed by atoms with E-state index in [1.165, 1.54) is 0 Å². The molecule has 3 aromatic carbocycles. The smallest absolute Gasteiger partial charge is 0.391 e. The zero-order chi connectivity index (χ0) is 33.5. The fraction of sp³-hybridized carbons (Fsp3) is 0.353. The Balaban J connectivity index is 1.06. The number of hydrogen-bond donors (Lipinski definition) is 5. The van der Waals surface area contributed by atoms with Crippen molar-refractivity contribution in [2.45, 2.75) is 38.5 Å². The molecule has 2 bridgehead atoms. The minimum absolute atomic E-state index is 0.00819. The van der Waals surface area contributed by atoms with Gasteiger partial charge >= 0.3 is 8.60 Å². The number of H-pyrrole nitrogens is 1. The largest absolute Gasteiger partial charge is 0.425 e. The third kappa shape index (κ3) is 4.46. The maximum Gasteiger partial charge on any atom is 0.391 e. The Labute approximate surface area is 281 Å². The highest BCUT2D eigenvalue weighted by Crippen LogP contribution is 2.75. The van der Waals surface area contributed by atoms with E-state index in [4.69, 9.17) is 16.1 Å². The van der Waals surface area contributed by atoms with E-state index < -0.39 is 19.4 Å². The molecule has 48 heavy (non-hydrogen) atoms. The molecule has 1 atom stereocenters. The second kappa shape index (κ2) is 11.2. The summed E-state index contributed by atoms with van der Waals surface area (Å²) in [4.78, 5) is 77.8. The van der Waals surface area contributed by atoms with Gasteiger partial charge in [-0.2, -0.15) is 0 Å². The summed E-state index contributed by atoms with van der Waals surface area (Å²) in [7, 11) is -2.68. The van der Waals surface area contributed by atoms with Crippen LogP contribution in [0.4, 0.5) is 17.1 Å². The van der Waals surface area contributed by atoms with Crippen LogP contribution in [0.2, 0.25) is 0 Å². The van der Waals surface area contributed by atoms with Crippen molar-refractivity contribution in [1.82, 2.24) is 10.3 Å². The van der Waals surface area contributed by atoms with Gasteiger partial charge in [0.2, 0.25) is 24.1 Å². The maximum atomic E-state index is 14.3. The fourth-order valence-electron chi connectivity index (χ4n) is 8.72. The van der Waals surface area contributed by atoms with E-state index in [2.05, 4.69) is 15.6 Å². The zero-order valence-electron chi connectivity index (χ0n) is 26.0. The first-order chi connectivity index (χ1) is 23.1. The van der Waals surface area contributed by atoms with Gasteiger partial charge in [-0.3, -0.25) is 19.2 Å². The molecule has 9 rings (SSSR count). The lowest BCUT2D eigenvalue weighted by molar-refractivity contribution is -0.204. The summed E-state index contributed by atoms with van der Waals surface area (Å²) in [6.07, 6.45) is 4.31. The van der Waals surface area contributed by atoms with E-state index >= 15 is 0 Å². The SMILES string of the molecule is Cc1c[nH]c2c(OP(O)O)cc3c(c12)C(CCl)CN3C(=O)C12CC(C(=O)N3CCc4c3cc(NC(=O)CNC=O)c3ccccc43)(C1)C2. The van der Waals surface area contributed by atoms with Crippen LogP contribution in [0.25, 0.3) is 21.7 Å². The normalized spacial score (nSPS) is 23.5. The van der Waals surface area contributed by atoms with E-state index in [9.17, 15) is 29.0 Å². The van der Waals surface area contributed by atoms with Gasteiger partial charge in [0.15, 0.2) is 5.75 Å². The van der Waals surface area contributed by atoms with Crippen molar-refractivity contribution in [3.8, 4) is 5.75 Å². The van der Waals surface area contributed by atoms with E-state index in [0.29, 0.717) is 68.0 Å². The summed E-state index contributed by atoms with van der Waals surface area (Å²) in [6.45, 7) is 2.67. The molecule has 4 amide bonds. The molecule has 0 radical (unpaired) electrons. The lowest BCUT2D eigenvalue weighted by Crippen LogP contribution is -2.72. The molecule has 2 aliphatic heterocycles. The lowest BCUT2D eigenvalue weighted by atomic mass is 9.34. The second-order valence-electron chi connectivity index (χ2n) is 13.5. The van der Waals surface area contributed by atoms with Gasteiger partial charge < -0.3 is 39.7 Å². The van der Waals surface area contributed by atoms with Gasteiger partial charge in [0.25, 0.3) is 0 Å². The molecule has 3 heterocycles. The number of amides is 4. The maximum absolute atomic E-state index is 14.3. The fourth-order valence-corrected chi connectivity index (χ4v) is 9.29. The van der Waals surface area contributed by atoms with Gasteiger partial charge in [0.1, 0.15) is 0 Å². The number of carbonyl (C=O) groups excluding carboxylic acids is 4. The number of rotatable bonds is 9. The summed E-state index contributed by atoms with van der Waals surface area (Å²) < 4.78 is 5.39. The van der Waals surface area contributed by atoms with Crippen molar-refractivity contribution in [3.05, 3.63) is 59.3 Å². The number of halogens is 1. The number of carbonyl (C=O) groups is 4. The highest BCUT2D eigenvalue weighted by atomic mass is 35.5. The summed E-state index contributed by atoms with van der Waals surface area (Å²) >= 11 is 6.45. The number of anilines is 3. The van der Waals surface area contributed by atoms with Crippen LogP contribution in [0.5, 0.6) is 5.75 Å². The van der Waals surface area contributed by atoms with E-state index in [1.54, 1.807) is 15.9 Å². The average Bonchev–Trinajstić information content (AvgIpc) is 3.73. The Kier molecular flexibility index (Phi) is 7.23. The van der Waals surface area contributed by atoms with Crippen molar-refractivity contribution in [2.75, 3.05) is 40.6 Å². The number of aromatic amines is 1. The number of nitrogens with zero attached hydrogens (tertiary/aromatic N) is 2. The summed E-state index contributed by atoms with van der Waals surface area (Å²) in [5.74, 6) is -0.00174. The highest BCUT2D eigenvalue weighted by molar-refractivity contribution is 7.39. The Morgan fingerprint density at radius 1 is 1.08 bits per heavy atom. The Bertz CT molecular complexity index is 2040. The molecule has 3 saturated carbocycles. The molecule has 5 aliphatic rings. The summed E-state index contributed by atoms with van der Waals surface area (Å²) in [6, 6.07) is 11.3.